The quantitative estimate of drug-likeness (QED) is 0.486. The Kier molecular flexibility index (Phi) is 6.34. The van der Waals surface area contributed by atoms with E-state index < -0.39 is 0 Å². The third kappa shape index (κ3) is 3.35. The highest BCUT2D eigenvalue weighted by Gasteiger charge is 2.23. The molecule has 1 aliphatic rings. The molecule has 0 bridgehead atoms. The van der Waals surface area contributed by atoms with Gasteiger partial charge in [-0.1, -0.05) is 7.66 Å². The summed E-state index contributed by atoms with van der Waals surface area (Å²) in [6.07, 6.45) is 2.12. The SMILES string of the molecule is COc1ccc(CN2C(C)=CS(I)=C2SC)c(OC)c1OC. The van der Waals surface area contributed by atoms with Gasteiger partial charge in [0.15, 0.2) is 11.5 Å². The van der Waals surface area contributed by atoms with Gasteiger partial charge in [0, 0.05) is 11.3 Å². The summed E-state index contributed by atoms with van der Waals surface area (Å²) in [6.45, 7) is 2.91. The smallest absolute Gasteiger partial charge is 0.203 e. The summed E-state index contributed by atoms with van der Waals surface area (Å²) in [5, 5.41) is 2.31. The van der Waals surface area contributed by atoms with Crippen molar-refractivity contribution in [2.24, 2.45) is 0 Å². The van der Waals surface area contributed by atoms with Gasteiger partial charge in [-0.3, -0.25) is 0 Å². The summed E-state index contributed by atoms with van der Waals surface area (Å²) in [7, 11) is 5.08. The van der Waals surface area contributed by atoms with Crippen LogP contribution in [0.4, 0.5) is 0 Å². The molecule has 0 saturated carbocycles. The molecule has 0 amide bonds. The zero-order valence-electron chi connectivity index (χ0n) is 13.3. The molecule has 1 aliphatic heterocycles. The van der Waals surface area contributed by atoms with Gasteiger partial charge in [-0.2, -0.15) is 0 Å². The van der Waals surface area contributed by atoms with E-state index in [1.54, 1.807) is 33.1 Å². The predicted molar refractivity (Wildman–Crippen MR) is 106 cm³/mol. The first-order chi connectivity index (χ1) is 10.6. The Morgan fingerprint density at radius 1 is 1.14 bits per heavy atom. The fourth-order valence-electron chi connectivity index (χ4n) is 2.35. The molecule has 122 valence electrons. The first kappa shape index (κ1) is 17.8. The van der Waals surface area contributed by atoms with E-state index in [-0.39, 0.29) is 7.66 Å². The van der Waals surface area contributed by atoms with Crippen LogP contribution in [0.5, 0.6) is 17.2 Å². The fraction of sp³-hybridized carbons (Fsp3) is 0.400. The van der Waals surface area contributed by atoms with E-state index in [4.69, 9.17) is 14.2 Å². The number of methoxy groups -OCH3 is 3. The van der Waals surface area contributed by atoms with Crippen LogP contribution in [-0.4, -0.2) is 36.8 Å². The summed E-state index contributed by atoms with van der Waals surface area (Å²) >= 11 is 4.29. The Morgan fingerprint density at radius 2 is 1.82 bits per heavy atom. The molecule has 1 heterocycles. The average molecular weight is 453 g/mol. The van der Waals surface area contributed by atoms with E-state index in [1.807, 2.05) is 12.1 Å². The maximum atomic E-state index is 5.58. The van der Waals surface area contributed by atoms with Crippen molar-refractivity contribution in [3.05, 3.63) is 28.8 Å². The highest BCUT2D eigenvalue weighted by Crippen LogP contribution is 2.44. The normalized spacial score (nSPS) is 17.5. The fourth-order valence-corrected chi connectivity index (χ4v) is 7.94. The average Bonchev–Trinajstić information content (AvgIpc) is 2.79. The van der Waals surface area contributed by atoms with Crippen LogP contribution in [-0.2, 0) is 6.54 Å². The van der Waals surface area contributed by atoms with Crippen molar-refractivity contribution < 1.29 is 14.2 Å². The molecular formula is C15H20INO3S2. The van der Waals surface area contributed by atoms with Crippen LogP contribution in [0, 0.1) is 0 Å². The van der Waals surface area contributed by atoms with E-state index in [1.165, 1.54) is 10.0 Å². The molecule has 0 aliphatic carbocycles. The van der Waals surface area contributed by atoms with Gasteiger partial charge in [0.05, 0.1) is 27.9 Å². The second-order valence-corrected chi connectivity index (χ2v) is 9.68. The number of nitrogens with zero attached hydrogens (tertiary/aromatic N) is 1. The maximum absolute atomic E-state index is 5.58. The van der Waals surface area contributed by atoms with Crippen LogP contribution < -0.4 is 14.2 Å². The van der Waals surface area contributed by atoms with Crippen molar-refractivity contribution >= 4 is 44.9 Å². The van der Waals surface area contributed by atoms with Crippen LogP contribution >= 0.6 is 40.6 Å². The topological polar surface area (TPSA) is 30.9 Å². The Balaban J connectivity index is 2.40. The summed E-state index contributed by atoms with van der Waals surface area (Å²) in [6, 6.07) is 3.96. The number of rotatable bonds is 5. The number of allylic oxidation sites excluding steroid dienone is 1. The molecule has 0 fully saturated rings. The van der Waals surface area contributed by atoms with Gasteiger partial charge >= 0.3 is 0 Å². The van der Waals surface area contributed by atoms with Gasteiger partial charge in [-0.05, 0) is 51.9 Å². The maximum Gasteiger partial charge on any atom is 0.203 e. The van der Waals surface area contributed by atoms with Crippen molar-refractivity contribution in [3.63, 3.8) is 0 Å². The van der Waals surface area contributed by atoms with Crippen molar-refractivity contribution in [1.82, 2.24) is 4.90 Å². The number of hydrogen-bond donors (Lipinski definition) is 0. The number of ether oxygens (including phenoxy) is 3. The molecule has 1 aromatic rings. The van der Waals surface area contributed by atoms with Gasteiger partial charge in [0.2, 0.25) is 5.75 Å². The van der Waals surface area contributed by atoms with Crippen molar-refractivity contribution in [2.75, 3.05) is 27.6 Å². The molecule has 0 aromatic heterocycles. The van der Waals surface area contributed by atoms with E-state index >= 15 is 0 Å². The standard InChI is InChI=1S/C15H20INO3S2/c1-10-9-22(16)15(21-5)17(10)8-11-6-7-12(18-2)14(20-4)13(11)19-3/h6-7,9H,8H2,1-5H3. The van der Waals surface area contributed by atoms with Crippen molar-refractivity contribution in [3.8, 4) is 17.2 Å². The lowest BCUT2D eigenvalue weighted by Crippen LogP contribution is -2.23. The number of benzene rings is 1. The minimum absolute atomic E-state index is 0.151. The van der Waals surface area contributed by atoms with Gasteiger partial charge < -0.3 is 19.1 Å². The number of thioether (sulfide) groups is 1. The zero-order chi connectivity index (χ0) is 16.3. The minimum atomic E-state index is 0.151. The number of halogens is 1. The Labute approximate surface area is 150 Å². The van der Waals surface area contributed by atoms with Gasteiger partial charge in [0.1, 0.15) is 4.32 Å². The molecule has 2 rings (SSSR count). The lowest BCUT2D eigenvalue weighted by Gasteiger charge is -2.24. The molecule has 7 heteroatoms. The highest BCUT2D eigenvalue weighted by atomic mass is 127. The van der Waals surface area contributed by atoms with E-state index in [2.05, 4.69) is 44.7 Å². The zero-order valence-corrected chi connectivity index (χ0v) is 17.1. The largest absolute Gasteiger partial charge is 0.493 e. The Bertz CT molecular complexity index is 631. The second kappa shape index (κ2) is 7.83. The lowest BCUT2D eigenvalue weighted by molar-refractivity contribution is 0.320. The molecule has 22 heavy (non-hydrogen) atoms. The molecule has 1 atom stereocenters. The number of hydrogen-bond acceptors (Lipinski definition) is 5. The molecule has 1 unspecified atom stereocenters. The molecule has 1 aromatic carbocycles. The monoisotopic (exact) mass is 453 g/mol. The van der Waals surface area contributed by atoms with Gasteiger partial charge in [-0.25, -0.2) is 0 Å². The first-order valence-electron chi connectivity index (χ1n) is 6.61. The van der Waals surface area contributed by atoms with E-state index in [0.29, 0.717) is 11.5 Å². The first-order valence-corrected chi connectivity index (χ1v) is 11.7. The molecule has 0 radical (unpaired) electrons. The van der Waals surface area contributed by atoms with E-state index in [0.717, 1.165) is 17.9 Å². The summed E-state index contributed by atoms with van der Waals surface area (Å²) in [4.78, 5) is 2.34. The lowest BCUT2D eigenvalue weighted by atomic mass is 10.1. The molecule has 0 saturated heterocycles. The molecule has 0 N–H and O–H groups in total. The Morgan fingerprint density at radius 3 is 2.36 bits per heavy atom. The molecule has 4 nitrogen and oxygen atoms in total. The van der Waals surface area contributed by atoms with Crippen molar-refractivity contribution in [1.29, 1.82) is 0 Å². The summed E-state index contributed by atoms with van der Waals surface area (Å²) in [5.74, 6) is 2.05. The van der Waals surface area contributed by atoms with E-state index in [9.17, 15) is 0 Å². The third-order valence-corrected chi connectivity index (χ3v) is 9.00. The molecular weight excluding hydrogens is 433 g/mol. The van der Waals surface area contributed by atoms with Gasteiger partial charge in [0.25, 0.3) is 0 Å². The van der Waals surface area contributed by atoms with Gasteiger partial charge in [-0.15, -0.1) is 11.8 Å². The minimum Gasteiger partial charge on any atom is -0.493 e. The highest BCUT2D eigenvalue weighted by molar-refractivity contribution is 14.2. The summed E-state index contributed by atoms with van der Waals surface area (Å²) < 4.78 is 17.8. The van der Waals surface area contributed by atoms with Crippen molar-refractivity contribution in [2.45, 2.75) is 13.5 Å². The van der Waals surface area contributed by atoms with Crippen LogP contribution in [0.2, 0.25) is 0 Å². The van der Waals surface area contributed by atoms with Crippen LogP contribution in [0.1, 0.15) is 12.5 Å². The Hall–Kier alpha value is -0.540. The summed E-state index contributed by atoms with van der Waals surface area (Å²) in [5.41, 5.74) is 2.36. The van der Waals surface area contributed by atoms with Crippen LogP contribution in [0.15, 0.2) is 23.2 Å². The predicted octanol–water partition coefficient (Wildman–Crippen LogP) is 4.46. The molecule has 0 spiro atoms. The second-order valence-electron chi connectivity index (χ2n) is 4.59. The van der Waals surface area contributed by atoms with Crippen LogP contribution in [0.3, 0.4) is 0 Å². The van der Waals surface area contributed by atoms with Crippen LogP contribution in [0.25, 0.3) is 0 Å². The third-order valence-electron chi connectivity index (χ3n) is 3.38.